The number of nitrogens with zero attached hydrogens (tertiary/aromatic N) is 2. The van der Waals surface area contributed by atoms with E-state index in [-0.39, 0.29) is 5.91 Å². The molecule has 0 saturated heterocycles. The zero-order valence-electron chi connectivity index (χ0n) is 16.2. The van der Waals surface area contributed by atoms with E-state index in [0.717, 1.165) is 22.8 Å². The summed E-state index contributed by atoms with van der Waals surface area (Å²) in [5.41, 5.74) is 6.47. The minimum atomic E-state index is -0.723. The van der Waals surface area contributed by atoms with Crippen molar-refractivity contribution in [2.24, 2.45) is 5.73 Å². The fourth-order valence-electron chi connectivity index (χ4n) is 3.09. The van der Waals surface area contributed by atoms with Gasteiger partial charge in [-0.15, -0.1) is 0 Å². The lowest BCUT2D eigenvalue weighted by Gasteiger charge is -2.16. The van der Waals surface area contributed by atoms with Gasteiger partial charge in [-0.2, -0.15) is 0 Å². The first-order valence-electron chi connectivity index (χ1n) is 9.69. The lowest BCUT2D eigenvalue weighted by molar-refractivity contribution is -0.127. The Balaban J connectivity index is 1.45. The van der Waals surface area contributed by atoms with Gasteiger partial charge in [-0.05, 0) is 35.2 Å². The lowest BCUT2D eigenvalue weighted by Crippen LogP contribution is -2.45. The van der Waals surface area contributed by atoms with Gasteiger partial charge in [0, 0.05) is 31.8 Å². The maximum atomic E-state index is 12.2. The number of benzene rings is 2. The number of rotatable bonds is 10. The number of hydrogen-bond acceptors (Lipinski definition) is 5. The van der Waals surface area contributed by atoms with Gasteiger partial charge < -0.3 is 16.4 Å². The number of amides is 2. The lowest BCUT2D eigenvalue weighted by atomic mass is 10.0. The first-order valence-corrected chi connectivity index (χ1v) is 9.69. The van der Waals surface area contributed by atoms with Gasteiger partial charge in [0.25, 0.3) is 0 Å². The highest BCUT2D eigenvalue weighted by Gasteiger charge is 2.18. The third kappa shape index (κ3) is 6.27. The summed E-state index contributed by atoms with van der Waals surface area (Å²) in [6, 6.07) is 15.0. The van der Waals surface area contributed by atoms with Gasteiger partial charge in [0.15, 0.2) is 0 Å². The average molecular weight is 391 g/mol. The molecular weight excluding hydrogens is 366 g/mol. The first-order chi connectivity index (χ1) is 14.1. The number of anilines is 1. The third-order valence-electron chi connectivity index (χ3n) is 4.61. The second-order valence-electron chi connectivity index (χ2n) is 6.86. The Morgan fingerprint density at radius 3 is 2.48 bits per heavy atom. The van der Waals surface area contributed by atoms with E-state index in [4.69, 9.17) is 5.73 Å². The Hall–Kier alpha value is -3.48. The predicted molar refractivity (Wildman–Crippen MR) is 113 cm³/mol. The van der Waals surface area contributed by atoms with Crippen molar-refractivity contribution in [3.8, 4) is 0 Å². The number of primary amides is 1. The van der Waals surface area contributed by atoms with Crippen molar-refractivity contribution in [3.63, 3.8) is 0 Å². The highest BCUT2D eigenvalue weighted by Crippen LogP contribution is 2.16. The second-order valence-corrected chi connectivity index (χ2v) is 6.86. The maximum absolute atomic E-state index is 12.2. The number of unbranched alkanes of at least 4 members (excludes halogenated alkanes) is 1. The van der Waals surface area contributed by atoms with Crippen LogP contribution in [-0.2, 0) is 16.0 Å². The van der Waals surface area contributed by atoms with Crippen LogP contribution in [-0.4, -0.2) is 34.4 Å². The van der Waals surface area contributed by atoms with Crippen molar-refractivity contribution in [3.05, 3.63) is 66.5 Å². The largest absolute Gasteiger partial charge is 0.368 e. The molecule has 2 aromatic carbocycles. The van der Waals surface area contributed by atoms with Crippen LogP contribution in [0, 0.1) is 0 Å². The smallest absolute Gasteiger partial charge is 0.240 e. The van der Waals surface area contributed by atoms with Crippen LogP contribution in [0.1, 0.15) is 24.8 Å². The molecule has 0 spiro atoms. The molecule has 0 aliphatic heterocycles. The average Bonchev–Trinajstić information content (AvgIpc) is 2.73. The molecule has 1 atom stereocenters. The summed E-state index contributed by atoms with van der Waals surface area (Å²) in [4.78, 5) is 32.2. The van der Waals surface area contributed by atoms with Crippen molar-refractivity contribution in [2.45, 2.75) is 31.7 Å². The monoisotopic (exact) mass is 391 g/mol. The van der Waals surface area contributed by atoms with Gasteiger partial charge in [-0.3, -0.25) is 9.59 Å². The number of carbonyl (C=O) groups is 2. The number of hydrogen-bond donors (Lipinski definition) is 3. The van der Waals surface area contributed by atoms with Gasteiger partial charge in [0.2, 0.25) is 17.8 Å². The molecule has 0 aliphatic rings. The van der Waals surface area contributed by atoms with Crippen LogP contribution in [0.3, 0.4) is 0 Å². The van der Waals surface area contributed by atoms with Crippen molar-refractivity contribution in [1.82, 2.24) is 15.3 Å². The quantitative estimate of drug-likeness (QED) is 0.460. The van der Waals surface area contributed by atoms with E-state index < -0.39 is 11.9 Å². The fourth-order valence-corrected chi connectivity index (χ4v) is 3.09. The molecule has 0 aliphatic carbocycles. The van der Waals surface area contributed by atoms with E-state index in [9.17, 15) is 9.59 Å². The molecule has 150 valence electrons. The maximum Gasteiger partial charge on any atom is 0.240 e. The van der Waals surface area contributed by atoms with Crippen molar-refractivity contribution in [1.29, 1.82) is 0 Å². The minimum absolute atomic E-state index is 0.175. The highest BCUT2D eigenvalue weighted by molar-refractivity contribution is 5.87. The molecule has 0 radical (unpaired) electrons. The number of aromatic nitrogens is 2. The summed E-state index contributed by atoms with van der Waals surface area (Å²) in [6.45, 7) is 0.674. The van der Waals surface area contributed by atoms with Crippen LogP contribution < -0.4 is 16.4 Å². The van der Waals surface area contributed by atoms with Gasteiger partial charge in [-0.1, -0.05) is 42.5 Å². The first kappa shape index (κ1) is 20.3. The highest BCUT2D eigenvalue weighted by atomic mass is 16.2. The Kier molecular flexibility index (Phi) is 7.10. The van der Waals surface area contributed by atoms with Crippen molar-refractivity contribution in [2.75, 3.05) is 11.9 Å². The normalized spacial score (nSPS) is 11.7. The number of nitrogens with two attached hydrogens (primary N) is 1. The molecule has 3 rings (SSSR count). The molecule has 29 heavy (non-hydrogen) atoms. The molecule has 7 heteroatoms. The van der Waals surface area contributed by atoms with E-state index in [1.807, 2.05) is 42.5 Å². The minimum Gasteiger partial charge on any atom is -0.368 e. The molecule has 3 aromatic rings. The molecule has 0 fully saturated rings. The van der Waals surface area contributed by atoms with Crippen molar-refractivity contribution >= 4 is 28.5 Å². The molecule has 1 aromatic heterocycles. The van der Waals surface area contributed by atoms with Crippen molar-refractivity contribution < 1.29 is 9.59 Å². The van der Waals surface area contributed by atoms with Crippen LogP contribution in [0.2, 0.25) is 0 Å². The summed E-state index contributed by atoms with van der Waals surface area (Å²) in [7, 11) is 0. The van der Waals surface area contributed by atoms with Crippen LogP contribution in [0.25, 0.3) is 10.8 Å². The Morgan fingerprint density at radius 1 is 0.966 bits per heavy atom. The van der Waals surface area contributed by atoms with Gasteiger partial charge in [-0.25, -0.2) is 9.97 Å². The van der Waals surface area contributed by atoms with Crippen LogP contribution in [0.4, 0.5) is 5.95 Å². The zero-order valence-corrected chi connectivity index (χ0v) is 16.2. The van der Waals surface area contributed by atoms with E-state index in [1.165, 1.54) is 0 Å². The van der Waals surface area contributed by atoms with Gasteiger partial charge in [0.05, 0.1) is 0 Å². The van der Waals surface area contributed by atoms with E-state index in [1.54, 1.807) is 18.5 Å². The van der Waals surface area contributed by atoms with Crippen LogP contribution >= 0.6 is 0 Å². The summed E-state index contributed by atoms with van der Waals surface area (Å²) in [5, 5.41) is 8.08. The molecule has 0 bridgehead atoms. The van der Waals surface area contributed by atoms with E-state index >= 15 is 0 Å². The SMILES string of the molecule is NC(=O)[C@H](Cc1ccc2ccccc2c1)NC(=O)CCCCNc1ncccn1. The summed E-state index contributed by atoms with van der Waals surface area (Å²) < 4.78 is 0. The van der Waals surface area contributed by atoms with Gasteiger partial charge >= 0.3 is 0 Å². The number of carbonyl (C=O) groups excluding carboxylic acids is 2. The molecule has 0 saturated carbocycles. The summed E-state index contributed by atoms with van der Waals surface area (Å²) in [5.74, 6) is -0.138. The topological polar surface area (TPSA) is 110 Å². The second kappa shape index (κ2) is 10.2. The van der Waals surface area contributed by atoms with Crippen LogP contribution in [0.15, 0.2) is 60.9 Å². The summed E-state index contributed by atoms with van der Waals surface area (Å²) >= 11 is 0. The summed E-state index contributed by atoms with van der Waals surface area (Å²) in [6.07, 6.45) is 5.52. The standard InChI is InChI=1S/C22H25N5O2/c23-21(29)19(15-16-9-10-17-6-1-2-7-18(17)14-16)27-20(28)8-3-4-11-24-22-25-12-5-13-26-22/h1-2,5-7,9-10,12-14,19H,3-4,8,11,15H2,(H2,23,29)(H,27,28)(H,24,25,26)/t19-/m0/s1. The molecule has 2 amide bonds. The molecule has 1 heterocycles. The number of fused-ring (bicyclic) bond motifs is 1. The molecule has 4 N–H and O–H groups in total. The molecule has 7 nitrogen and oxygen atoms in total. The predicted octanol–water partition coefficient (Wildman–Crippen LogP) is 2.42. The van der Waals surface area contributed by atoms with Crippen LogP contribution in [0.5, 0.6) is 0 Å². The Morgan fingerprint density at radius 2 is 1.72 bits per heavy atom. The van der Waals surface area contributed by atoms with E-state index in [2.05, 4.69) is 20.6 Å². The molecular formula is C22H25N5O2. The zero-order chi connectivity index (χ0) is 20.5. The van der Waals surface area contributed by atoms with E-state index in [0.29, 0.717) is 31.8 Å². The van der Waals surface area contributed by atoms with Gasteiger partial charge in [0.1, 0.15) is 6.04 Å². The Bertz CT molecular complexity index is 962. The third-order valence-corrected chi connectivity index (χ3v) is 4.61. The fraction of sp³-hybridized carbons (Fsp3) is 0.273. The Labute approximate surface area is 169 Å². The number of nitrogens with one attached hydrogen (secondary N) is 2. The molecule has 0 unspecified atom stereocenters.